The number of fused-ring (bicyclic) bond motifs is 5. The Bertz CT molecular complexity index is 958. The summed E-state index contributed by atoms with van der Waals surface area (Å²) in [5.41, 5.74) is -0.175. The summed E-state index contributed by atoms with van der Waals surface area (Å²) in [6.07, 6.45) is 1.02. The first-order chi connectivity index (χ1) is 18.0. The Morgan fingerprint density at radius 2 is 1.50 bits per heavy atom. The van der Waals surface area contributed by atoms with E-state index in [-0.39, 0.29) is 29.6 Å². The van der Waals surface area contributed by atoms with E-state index >= 15 is 0 Å². The van der Waals surface area contributed by atoms with Gasteiger partial charge in [-0.2, -0.15) is 0 Å². The fourth-order valence-electron chi connectivity index (χ4n) is 7.29. The Kier molecular flexibility index (Phi) is 11.2. The van der Waals surface area contributed by atoms with Crippen LogP contribution in [0.1, 0.15) is 52.4 Å². The molecule has 3 fully saturated rings. The van der Waals surface area contributed by atoms with Crippen molar-refractivity contribution in [1.29, 1.82) is 0 Å². The van der Waals surface area contributed by atoms with Gasteiger partial charge < -0.3 is 28.4 Å². The number of hydrogen-bond acceptors (Lipinski definition) is 10. The third-order valence-corrected chi connectivity index (χ3v) is 8.93. The fraction of sp³-hybridized carbons (Fsp3) is 0.760. The Labute approximate surface area is 252 Å². The molecule has 3 unspecified atom stereocenters. The first-order valence-corrected chi connectivity index (χ1v) is 24.9. The van der Waals surface area contributed by atoms with E-state index in [1.807, 2.05) is 13.0 Å². The molecule has 0 amide bonds. The number of halogens is 3. The Morgan fingerprint density at radius 1 is 0.921 bits per heavy atom. The molecule has 4 aliphatic rings. The van der Waals surface area contributed by atoms with Gasteiger partial charge in [0.1, 0.15) is 24.1 Å². The average molecular weight is 875 g/mol. The van der Waals surface area contributed by atoms with E-state index in [2.05, 4.69) is 48.9 Å². The van der Waals surface area contributed by atoms with Crippen molar-refractivity contribution in [2.75, 3.05) is 21.3 Å². The molecule has 0 spiro atoms. The molecule has 4 rings (SSSR count). The molecule has 10 nitrogen and oxygen atoms in total. The van der Waals surface area contributed by atoms with E-state index in [9.17, 15) is 19.2 Å². The molecule has 4 aliphatic carbocycles. The van der Waals surface area contributed by atoms with Gasteiger partial charge in [0.2, 0.25) is 0 Å². The summed E-state index contributed by atoms with van der Waals surface area (Å²) < 4.78 is 31.3. The molecule has 216 valence electrons. The third-order valence-electron chi connectivity index (χ3n) is 8.93. The predicted octanol–water partition coefficient (Wildman–Crippen LogP) is 2.97. The number of ether oxygens (including phenoxy) is 6. The zero-order chi connectivity index (χ0) is 28.3. The number of hydrogen-bond donors (Lipinski definition) is 0. The summed E-state index contributed by atoms with van der Waals surface area (Å²) in [6, 6.07) is 0. The molecule has 0 aliphatic heterocycles. The van der Waals surface area contributed by atoms with Crippen molar-refractivity contribution < 1.29 is 60.9 Å². The molecular weight excluding hydrogens is 841 g/mol. The van der Waals surface area contributed by atoms with Crippen LogP contribution in [-0.4, -0.2) is 63.9 Å². The maximum absolute atomic E-state index is 13.0. The quantitative estimate of drug-likeness (QED) is 0.181. The van der Waals surface area contributed by atoms with Crippen molar-refractivity contribution in [3.8, 4) is 0 Å². The normalized spacial score (nSPS) is 37.1. The second-order valence-electron chi connectivity index (χ2n) is 10.5. The Balaban J connectivity index is 0.00000127. The van der Waals surface area contributed by atoms with Gasteiger partial charge >= 0.3 is 69.0 Å². The maximum atomic E-state index is 13.0. The number of Topliss-reactive ketones (excluding diaryl/α,β-unsaturated/α-hetero) is 1. The van der Waals surface area contributed by atoms with Crippen molar-refractivity contribution in [3.05, 3.63) is 11.6 Å². The standard InChI is InChI=1S/C25H34O10.I3/c1-24-9-8-14(33-21(27)30-3)10-13(24)11-16(34-22(28)31-4)19-15-6-7-18(26)25(15,2)12-17(20(19)24)35-23(29)32-5;1-3-2/h11,14-17,19-20H,6-10,12H2,1-5H3;/q;-1/t14-,15?,16-,17+,19?,20?,24-,25-;/m0./s1. The minimum absolute atomic E-state index is 0.0502. The molecular formula is C25H34I3O10-. The van der Waals surface area contributed by atoms with Gasteiger partial charge in [0.15, 0.2) is 0 Å². The van der Waals surface area contributed by atoms with E-state index in [1.165, 1.54) is 21.3 Å². The van der Waals surface area contributed by atoms with Gasteiger partial charge in [0.25, 0.3) is 0 Å². The van der Waals surface area contributed by atoms with Crippen LogP contribution in [0.5, 0.6) is 0 Å². The molecule has 0 aromatic carbocycles. The SMILES string of the molecule is COC(=O)O[C@H]1CC[C@@]2(C)C(=C[C@H](OC(=O)OC)C3C2[C@H](OC(=O)OC)C[C@]2(C)C(=O)CCC32)C1.I[I-]I. The second kappa shape index (κ2) is 13.4. The number of methoxy groups -OCH3 is 3. The third kappa shape index (κ3) is 6.33. The van der Waals surface area contributed by atoms with Crippen LogP contribution in [0.4, 0.5) is 14.4 Å². The number of carbonyl (C=O) groups excluding carboxylic acids is 4. The van der Waals surface area contributed by atoms with Crippen molar-refractivity contribution in [1.82, 2.24) is 0 Å². The topological polar surface area (TPSA) is 124 Å². The van der Waals surface area contributed by atoms with Gasteiger partial charge in [0, 0.05) is 30.1 Å². The van der Waals surface area contributed by atoms with Gasteiger partial charge in [0.05, 0.1) is 21.3 Å². The molecule has 0 bridgehead atoms. The van der Waals surface area contributed by atoms with Crippen molar-refractivity contribution in [2.45, 2.75) is 70.7 Å². The molecule has 0 saturated heterocycles. The summed E-state index contributed by atoms with van der Waals surface area (Å²) >= 11 is 5.30. The molecule has 0 aromatic rings. The van der Waals surface area contributed by atoms with Crippen LogP contribution in [0.15, 0.2) is 11.6 Å². The van der Waals surface area contributed by atoms with E-state index in [0.29, 0.717) is 51.8 Å². The van der Waals surface area contributed by atoms with Crippen LogP contribution in [-0.2, 0) is 33.2 Å². The zero-order valence-corrected chi connectivity index (χ0v) is 28.5. The van der Waals surface area contributed by atoms with Crippen molar-refractivity contribution >= 4 is 61.5 Å². The predicted molar refractivity (Wildman–Crippen MR) is 147 cm³/mol. The molecule has 0 heterocycles. The molecule has 13 heteroatoms. The first-order valence-electron chi connectivity index (χ1n) is 12.3. The molecule has 38 heavy (non-hydrogen) atoms. The molecule has 0 aromatic heterocycles. The van der Waals surface area contributed by atoms with Gasteiger partial charge in [-0.05, 0) is 43.1 Å². The van der Waals surface area contributed by atoms with Crippen LogP contribution < -0.4 is 13.3 Å². The number of ketones is 1. The van der Waals surface area contributed by atoms with Crippen LogP contribution in [0.25, 0.3) is 0 Å². The molecule has 0 N–H and O–H groups in total. The van der Waals surface area contributed by atoms with Crippen LogP contribution in [0.3, 0.4) is 0 Å². The summed E-state index contributed by atoms with van der Waals surface area (Å²) in [5.74, 6) is -0.419. The first kappa shape index (κ1) is 31.9. The monoisotopic (exact) mass is 875 g/mol. The second-order valence-corrected chi connectivity index (χ2v) is 26.8. The van der Waals surface area contributed by atoms with Gasteiger partial charge in [-0.25, -0.2) is 14.4 Å². The zero-order valence-electron chi connectivity index (χ0n) is 22.0. The van der Waals surface area contributed by atoms with Crippen LogP contribution in [0.2, 0.25) is 0 Å². The Hall–Kier alpha value is -0.590. The van der Waals surface area contributed by atoms with Crippen molar-refractivity contribution in [3.63, 3.8) is 0 Å². The van der Waals surface area contributed by atoms with E-state index < -0.39 is 41.5 Å². The molecule has 0 radical (unpaired) electrons. The fourth-order valence-corrected chi connectivity index (χ4v) is 7.29. The van der Waals surface area contributed by atoms with Gasteiger partial charge in [-0.3, -0.25) is 4.79 Å². The van der Waals surface area contributed by atoms with Gasteiger partial charge in [-0.1, -0.05) is 19.4 Å². The van der Waals surface area contributed by atoms with Gasteiger partial charge in [-0.15, -0.1) is 0 Å². The number of carbonyl (C=O) groups is 4. The van der Waals surface area contributed by atoms with E-state index in [1.54, 1.807) is 0 Å². The van der Waals surface area contributed by atoms with Crippen molar-refractivity contribution in [2.24, 2.45) is 28.6 Å². The minimum atomic E-state index is -0.825. The summed E-state index contributed by atoms with van der Waals surface area (Å²) in [6.45, 7) is 4.04. The summed E-state index contributed by atoms with van der Waals surface area (Å²) in [4.78, 5) is 49.3. The molecule has 8 atom stereocenters. The van der Waals surface area contributed by atoms with Crippen LogP contribution >= 0.6 is 37.2 Å². The summed E-state index contributed by atoms with van der Waals surface area (Å²) in [5, 5.41) is 0. The molecule has 3 saturated carbocycles. The van der Waals surface area contributed by atoms with Crippen LogP contribution in [0, 0.1) is 28.6 Å². The van der Waals surface area contributed by atoms with E-state index in [4.69, 9.17) is 23.7 Å². The Morgan fingerprint density at radius 3 is 2.11 bits per heavy atom. The van der Waals surface area contributed by atoms with E-state index in [0.717, 1.165) is 5.57 Å². The number of rotatable bonds is 3. The summed E-state index contributed by atoms with van der Waals surface area (Å²) in [7, 11) is 3.75. The average Bonchev–Trinajstić information content (AvgIpc) is 3.18.